The van der Waals surface area contributed by atoms with Gasteiger partial charge < -0.3 is 20.3 Å². The molecule has 3 N–H and O–H groups in total. The summed E-state index contributed by atoms with van der Waals surface area (Å²) < 4.78 is 6.72. The molecule has 0 radical (unpaired) electrons. The number of nitrogens with one attached hydrogen (secondary N) is 1. The highest BCUT2D eigenvalue weighted by molar-refractivity contribution is 5.94. The van der Waals surface area contributed by atoms with Crippen LogP contribution in [0.2, 0.25) is 0 Å². The van der Waals surface area contributed by atoms with Crippen LogP contribution in [0.15, 0.2) is 24.5 Å². The van der Waals surface area contributed by atoms with Crippen LogP contribution >= 0.6 is 0 Å². The summed E-state index contributed by atoms with van der Waals surface area (Å²) >= 11 is 0. The highest BCUT2D eigenvalue weighted by atomic mass is 16.5. The second kappa shape index (κ2) is 9.75. The minimum atomic E-state index is -0.849. The molecular formula is C36H56N2O4. The van der Waals surface area contributed by atoms with Gasteiger partial charge in [-0.05, 0) is 136 Å². The summed E-state index contributed by atoms with van der Waals surface area (Å²) in [5.74, 6) is 1.41. The Balaban J connectivity index is 1.26. The number of carbonyl (C=O) groups excluding carboxylic acids is 1. The summed E-state index contributed by atoms with van der Waals surface area (Å²) in [6, 6.07) is 3.77. The molecule has 0 bridgehead atoms. The molecule has 5 fully saturated rings. The fourth-order valence-corrected chi connectivity index (χ4v) is 12.1. The molecule has 0 aromatic carbocycles. The average Bonchev–Trinajstić information content (AvgIpc) is 3.51. The van der Waals surface area contributed by atoms with Crippen LogP contribution in [0.3, 0.4) is 0 Å². The predicted molar refractivity (Wildman–Crippen MR) is 165 cm³/mol. The molecular weight excluding hydrogens is 524 g/mol. The lowest BCUT2D eigenvalue weighted by atomic mass is 9.35. The lowest BCUT2D eigenvalue weighted by Gasteiger charge is -2.71. The molecule has 1 saturated heterocycles. The van der Waals surface area contributed by atoms with E-state index in [-0.39, 0.29) is 57.3 Å². The molecule has 234 valence electrons. The van der Waals surface area contributed by atoms with Crippen molar-refractivity contribution in [1.29, 1.82) is 0 Å². The number of fused-ring (bicyclic) bond motifs is 5. The third-order valence-electron chi connectivity index (χ3n) is 14.5. The number of carbonyl (C=O) groups is 1. The third kappa shape index (κ3) is 4.28. The van der Waals surface area contributed by atoms with E-state index in [1.54, 1.807) is 12.4 Å². The number of hydrogen-bond donors (Lipinski definition) is 3. The molecule has 6 rings (SSSR count). The number of aromatic nitrogens is 1. The van der Waals surface area contributed by atoms with E-state index in [0.29, 0.717) is 23.3 Å². The Bertz CT molecular complexity index is 1200. The van der Waals surface area contributed by atoms with Crippen molar-refractivity contribution in [2.75, 3.05) is 0 Å². The first-order chi connectivity index (χ1) is 19.5. The van der Waals surface area contributed by atoms with Crippen LogP contribution in [0.1, 0.15) is 124 Å². The van der Waals surface area contributed by atoms with Crippen molar-refractivity contribution in [3.8, 4) is 0 Å². The summed E-state index contributed by atoms with van der Waals surface area (Å²) in [7, 11) is 0. The first-order valence-electron chi connectivity index (χ1n) is 16.8. The zero-order valence-corrected chi connectivity index (χ0v) is 27.4. The van der Waals surface area contributed by atoms with Crippen LogP contribution < -0.4 is 5.32 Å². The molecule has 0 spiro atoms. The van der Waals surface area contributed by atoms with E-state index in [2.05, 4.69) is 51.8 Å². The van der Waals surface area contributed by atoms with Crippen LogP contribution in [-0.2, 0) is 4.74 Å². The molecule has 42 heavy (non-hydrogen) atoms. The molecule has 6 nitrogen and oxygen atoms in total. The first kappa shape index (κ1) is 30.5. The van der Waals surface area contributed by atoms with Gasteiger partial charge in [0.05, 0.1) is 29.0 Å². The minimum Gasteiger partial charge on any atom is -0.393 e. The maximum absolute atomic E-state index is 13.2. The highest BCUT2D eigenvalue weighted by Gasteiger charge is 2.72. The van der Waals surface area contributed by atoms with Crippen molar-refractivity contribution in [3.63, 3.8) is 0 Å². The van der Waals surface area contributed by atoms with Crippen LogP contribution in [0.4, 0.5) is 0 Å². The summed E-state index contributed by atoms with van der Waals surface area (Å²) in [4.78, 5) is 17.3. The lowest BCUT2D eigenvalue weighted by Crippen LogP contribution is -2.67. The molecule has 5 aliphatic rings. The van der Waals surface area contributed by atoms with E-state index in [1.807, 2.05) is 26.0 Å². The molecule has 1 amide bonds. The van der Waals surface area contributed by atoms with Gasteiger partial charge in [-0.3, -0.25) is 9.78 Å². The number of hydrogen-bond acceptors (Lipinski definition) is 5. The van der Waals surface area contributed by atoms with Gasteiger partial charge in [-0.15, -0.1) is 0 Å². The van der Waals surface area contributed by atoms with E-state index in [1.165, 1.54) is 6.42 Å². The van der Waals surface area contributed by atoms with E-state index < -0.39 is 5.60 Å². The number of aliphatic hydroxyl groups is 2. The lowest BCUT2D eigenvalue weighted by molar-refractivity contribution is -0.240. The number of amides is 1. The van der Waals surface area contributed by atoms with Crippen molar-refractivity contribution in [3.05, 3.63) is 30.1 Å². The maximum atomic E-state index is 13.2. The topological polar surface area (TPSA) is 91.7 Å². The third-order valence-corrected chi connectivity index (χ3v) is 14.5. The molecule has 4 saturated carbocycles. The fourth-order valence-electron chi connectivity index (χ4n) is 12.1. The van der Waals surface area contributed by atoms with Gasteiger partial charge in [0.25, 0.3) is 5.91 Å². The van der Waals surface area contributed by atoms with Crippen LogP contribution in [0.25, 0.3) is 0 Å². The molecule has 2 heterocycles. The van der Waals surface area contributed by atoms with Gasteiger partial charge in [0.2, 0.25) is 0 Å². The van der Waals surface area contributed by atoms with Crippen molar-refractivity contribution in [2.45, 2.75) is 143 Å². The van der Waals surface area contributed by atoms with E-state index in [9.17, 15) is 15.0 Å². The summed E-state index contributed by atoms with van der Waals surface area (Å²) in [6.07, 6.45) is 12.1. The van der Waals surface area contributed by atoms with E-state index >= 15 is 0 Å². The highest BCUT2D eigenvalue weighted by Crippen LogP contribution is 2.76. The summed E-state index contributed by atoms with van der Waals surface area (Å²) in [5.41, 5.74) is -0.282. The minimum absolute atomic E-state index is 0.0275. The Morgan fingerprint density at radius 2 is 1.69 bits per heavy atom. The smallest absolute Gasteiger partial charge is 0.253 e. The second-order valence-corrected chi connectivity index (χ2v) is 17.2. The normalized spacial score (nSPS) is 48.2. The fraction of sp³-hybridized carbons (Fsp3) is 0.833. The first-order valence-corrected chi connectivity index (χ1v) is 16.8. The number of nitrogens with zero attached hydrogens (tertiary/aromatic N) is 1. The average molecular weight is 581 g/mol. The number of ether oxygens (including phenoxy) is 1. The van der Waals surface area contributed by atoms with Gasteiger partial charge in [-0.1, -0.05) is 34.6 Å². The van der Waals surface area contributed by atoms with Gasteiger partial charge in [0.15, 0.2) is 0 Å². The summed E-state index contributed by atoms with van der Waals surface area (Å²) in [6.45, 7) is 18.3. The Labute approximate surface area is 253 Å². The van der Waals surface area contributed by atoms with Crippen molar-refractivity contribution < 1.29 is 19.7 Å². The number of pyridine rings is 1. The number of aliphatic hydroxyl groups excluding tert-OH is 1. The molecule has 1 aliphatic heterocycles. The Kier molecular flexibility index (Phi) is 7.08. The van der Waals surface area contributed by atoms with Crippen molar-refractivity contribution in [2.24, 2.45) is 45.3 Å². The monoisotopic (exact) mass is 580 g/mol. The zero-order valence-electron chi connectivity index (χ0n) is 27.4. The van der Waals surface area contributed by atoms with Crippen LogP contribution in [-0.4, -0.2) is 50.6 Å². The summed E-state index contributed by atoms with van der Waals surface area (Å²) in [5, 5.41) is 26.3. The Morgan fingerprint density at radius 3 is 2.33 bits per heavy atom. The van der Waals surface area contributed by atoms with Crippen LogP contribution in [0, 0.1) is 45.3 Å². The van der Waals surface area contributed by atoms with Gasteiger partial charge in [0.1, 0.15) is 0 Å². The maximum Gasteiger partial charge on any atom is 0.253 e. The molecule has 4 aliphatic carbocycles. The molecule has 1 aromatic rings. The largest absolute Gasteiger partial charge is 0.393 e. The van der Waals surface area contributed by atoms with E-state index in [0.717, 1.165) is 51.4 Å². The van der Waals surface area contributed by atoms with Crippen molar-refractivity contribution in [1.82, 2.24) is 10.3 Å². The molecule has 6 heteroatoms. The quantitative estimate of drug-likeness (QED) is 0.376. The predicted octanol–water partition coefficient (Wildman–Crippen LogP) is 6.54. The van der Waals surface area contributed by atoms with Crippen LogP contribution in [0.5, 0.6) is 0 Å². The molecule has 11 atom stereocenters. The van der Waals surface area contributed by atoms with Gasteiger partial charge in [-0.25, -0.2) is 0 Å². The number of rotatable bonds is 4. The van der Waals surface area contributed by atoms with E-state index in [4.69, 9.17) is 4.74 Å². The standard InChI is InChI=1S/C36H56N2O4/c1-31(2)25-12-17-34(6)26(33(25,5)15-13-27(31)38-30(40)22-10-9-19-37-21-22)20-24(39)29-23(11-16-35(29,34)7)36(8)18-14-28(42-36)32(3,4)41/h9-10,19,21,23-29,39,41H,11-18,20H2,1-8H3,(H,38,40)/t23-,24+,25-,26+,27-,28+,29-,33-,34+,35+,36-/m0/s1. The zero-order chi connectivity index (χ0) is 30.5. The Hall–Kier alpha value is -1.50. The Morgan fingerprint density at radius 1 is 0.976 bits per heavy atom. The second-order valence-electron chi connectivity index (χ2n) is 17.2. The van der Waals surface area contributed by atoms with Gasteiger partial charge in [-0.2, -0.15) is 0 Å². The molecule has 1 aromatic heterocycles. The molecule has 0 unspecified atom stereocenters. The van der Waals surface area contributed by atoms with Crippen molar-refractivity contribution >= 4 is 5.91 Å². The van der Waals surface area contributed by atoms with Gasteiger partial charge >= 0.3 is 0 Å². The van der Waals surface area contributed by atoms with Gasteiger partial charge in [0, 0.05) is 18.4 Å². The SMILES string of the molecule is CC(C)(O)[C@H]1CC[C@@](C)([C@H]2CC[C@]3(C)[C@@H]2[C@H](O)C[C@@H]2[C@@]4(C)CC[C@H](NC(=O)c5cccnc5)C(C)(C)[C@@H]4CC[C@]23C)O1.